The predicted octanol–water partition coefficient (Wildman–Crippen LogP) is 4.34. The molecule has 0 spiro atoms. The molecule has 1 atom stereocenters. The lowest BCUT2D eigenvalue weighted by molar-refractivity contribution is -0.140. The third-order valence-corrected chi connectivity index (χ3v) is 5.19. The van der Waals surface area contributed by atoms with E-state index in [-0.39, 0.29) is 12.4 Å². The van der Waals surface area contributed by atoms with Gasteiger partial charge in [0.15, 0.2) is 5.11 Å². The number of allylic oxidation sites excluding steroid dienone is 1. The first-order chi connectivity index (χ1) is 14.3. The molecule has 0 aromatic heterocycles. The summed E-state index contributed by atoms with van der Waals surface area (Å²) >= 11 is 5.66. The normalized spacial score (nSPS) is 16.5. The fourth-order valence-electron chi connectivity index (χ4n) is 3.60. The first kappa shape index (κ1) is 21.9. The van der Waals surface area contributed by atoms with Crippen LogP contribution in [0.4, 0.5) is 10.1 Å². The molecule has 0 saturated carbocycles. The number of anilines is 1. The first-order valence-electron chi connectivity index (χ1n) is 9.63. The number of carbonyl (C=O) groups excluding carboxylic acids is 1. The Morgan fingerprint density at radius 2 is 1.73 bits per heavy atom. The molecule has 1 N–H and O–H groups in total. The molecule has 0 bridgehead atoms. The highest BCUT2D eigenvalue weighted by Gasteiger charge is 2.35. The lowest BCUT2D eigenvalue weighted by Gasteiger charge is -2.37. The Bertz CT molecular complexity index is 968. The Hall–Kier alpha value is -2.77. The number of methoxy groups -OCH3 is 1. The van der Waals surface area contributed by atoms with Crippen molar-refractivity contribution < 1.29 is 18.7 Å². The van der Waals surface area contributed by atoms with Gasteiger partial charge in [-0.05, 0) is 73.9 Å². The third-order valence-electron chi connectivity index (χ3n) is 4.89. The average Bonchev–Trinajstić information content (AvgIpc) is 2.67. The van der Waals surface area contributed by atoms with Crippen LogP contribution in [0.2, 0.25) is 0 Å². The van der Waals surface area contributed by atoms with Crippen LogP contribution in [0.3, 0.4) is 0 Å². The molecule has 3 rings (SSSR count). The average molecular weight is 429 g/mol. The topological polar surface area (TPSA) is 50.8 Å². The number of hydrogen-bond acceptors (Lipinski definition) is 4. The number of carbonyl (C=O) groups is 1. The molecule has 30 heavy (non-hydrogen) atoms. The number of aryl methyl sites for hydroxylation is 2. The number of benzene rings is 2. The van der Waals surface area contributed by atoms with Crippen LogP contribution in [0, 0.1) is 19.7 Å². The number of ether oxygens (including phenoxy) is 2. The van der Waals surface area contributed by atoms with Gasteiger partial charge in [0.05, 0.1) is 18.2 Å². The number of rotatable bonds is 6. The Morgan fingerprint density at radius 1 is 1.10 bits per heavy atom. The Balaban J connectivity index is 2.09. The van der Waals surface area contributed by atoms with Crippen LogP contribution < -0.4 is 10.2 Å². The summed E-state index contributed by atoms with van der Waals surface area (Å²) in [6.45, 7) is 6.30. The van der Waals surface area contributed by atoms with Gasteiger partial charge in [-0.3, -0.25) is 4.90 Å². The molecule has 0 aliphatic carbocycles. The van der Waals surface area contributed by atoms with Crippen LogP contribution in [-0.2, 0) is 14.3 Å². The van der Waals surface area contributed by atoms with Crippen molar-refractivity contribution in [3.63, 3.8) is 0 Å². The second kappa shape index (κ2) is 9.36. The van der Waals surface area contributed by atoms with Gasteiger partial charge < -0.3 is 14.8 Å². The molecular formula is C23H25FN2O3S. The zero-order valence-electron chi connectivity index (χ0n) is 17.5. The molecule has 1 aliphatic rings. The van der Waals surface area contributed by atoms with Gasteiger partial charge in [-0.15, -0.1) is 0 Å². The van der Waals surface area contributed by atoms with Crippen LogP contribution >= 0.6 is 12.2 Å². The highest BCUT2D eigenvalue weighted by molar-refractivity contribution is 7.80. The van der Waals surface area contributed by atoms with Crippen molar-refractivity contribution in [2.24, 2.45) is 0 Å². The zero-order chi connectivity index (χ0) is 21.8. The molecule has 1 aliphatic heterocycles. The van der Waals surface area contributed by atoms with Crippen molar-refractivity contribution in [1.82, 2.24) is 5.32 Å². The number of esters is 1. The van der Waals surface area contributed by atoms with Gasteiger partial charge in [0.25, 0.3) is 0 Å². The number of halogens is 1. The summed E-state index contributed by atoms with van der Waals surface area (Å²) in [4.78, 5) is 14.9. The van der Waals surface area contributed by atoms with Gasteiger partial charge >= 0.3 is 5.97 Å². The smallest absolute Gasteiger partial charge is 0.338 e. The number of hydrogen-bond donors (Lipinski definition) is 1. The van der Waals surface area contributed by atoms with Crippen molar-refractivity contribution in [2.75, 3.05) is 25.2 Å². The SMILES string of the molecule is COCCOC(=O)C1=C(C)N(c2cc(C)cc(C)c2)C(=S)NC1c1ccc(F)cc1. The van der Waals surface area contributed by atoms with Gasteiger partial charge in [0.2, 0.25) is 0 Å². The first-order valence-corrected chi connectivity index (χ1v) is 10.0. The molecule has 1 heterocycles. The van der Waals surface area contributed by atoms with Crippen LogP contribution in [0.5, 0.6) is 0 Å². The van der Waals surface area contributed by atoms with Crippen molar-refractivity contribution in [3.8, 4) is 0 Å². The van der Waals surface area contributed by atoms with Crippen LogP contribution in [-0.4, -0.2) is 31.4 Å². The molecular weight excluding hydrogens is 403 g/mol. The minimum atomic E-state index is -0.546. The maximum absolute atomic E-state index is 13.5. The van der Waals surface area contributed by atoms with Crippen molar-refractivity contribution in [2.45, 2.75) is 26.8 Å². The van der Waals surface area contributed by atoms with E-state index in [9.17, 15) is 9.18 Å². The Labute approximate surface area is 181 Å². The Morgan fingerprint density at radius 3 is 2.33 bits per heavy atom. The van der Waals surface area contributed by atoms with E-state index in [4.69, 9.17) is 21.7 Å². The lowest BCUT2D eigenvalue weighted by Crippen LogP contribution is -2.48. The van der Waals surface area contributed by atoms with Crippen LogP contribution in [0.25, 0.3) is 0 Å². The molecule has 0 saturated heterocycles. The van der Waals surface area contributed by atoms with Gasteiger partial charge in [-0.1, -0.05) is 18.2 Å². The monoisotopic (exact) mass is 428 g/mol. The molecule has 0 amide bonds. The van der Waals surface area contributed by atoms with Gasteiger partial charge in [0.1, 0.15) is 12.4 Å². The second-order valence-corrected chi connectivity index (χ2v) is 7.63. The molecule has 2 aromatic rings. The van der Waals surface area contributed by atoms with Crippen molar-refractivity contribution in [3.05, 3.63) is 76.2 Å². The maximum atomic E-state index is 13.5. The molecule has 1 unspecified atom stereocenters. The minimum Gasteiger partial charge on any atom is -0.460 e. The minimum absolute atomic E-state index is 0.135. The highest BCUT2D eigenvalue weighted by atomic mass is 32.1. The molecule has 5 nitrogen and oxygen atoms in total. The molecule has 7 heteroatoms. The van der Waals surface area contributed by atoms with E-state index in [0.717, 1.165) is 22.4 Å². The summed E-state index contributed by atoms with van der Waals surface area (Å²) in [6, 6.07) is 11.5. The summed E-state index contributed by atoms with van der Waals surface area (Å²) in [5.41, 5.74) is 4.85. The van der Waals surface area contributed by atoms with Crippen LogP contribution in [0.15, 0.2) is 53.7 Å². The summed E-state index contributed by atoms with van der Waals surface area (Å²) in [7, 11) is 1.54. The standard InChI is InChI=1S/C23H25FN2O3S/c1-14-11-15(2)13-19(12-14)26-16(3)20(22(27)29-10-9-28-4)21(25-23(26)30)17-5-7-18(24)8-6-17/h5-8,11-13,21H,9-10H2,1-4H3,(H,25,30). The molecule has 158 valence electrons. The van der Waals surface area contributed by atoms with Gasteiger partial charge in [-0.2, -0.15) is 0 Å². The fourth-order valence-corrected chi connectivity index (χ4v) is 3.96. The van der Waals surface area contributed by atoms with E-state index < -0.39 is 12.0 Å². The fraction of sp³-hybridized carbons (Fsp3) is 0.304. The quantitative estimate of drug-likeness (QED) is 0.420. The van der Waals surface area contributed by atoms with E-state index in [1.165, 1.54) is 12.1 Å². The lowest BCUT2D eigenvalue weighted by atomic mass is 9.94. The van der Waals surface area contributed by atoms with Gasteiger partial charge in [-0.25, -0.2) is 9.18 Å². The summed E-state index contributed by atoms with van der Waals surface area (Å²) in [6.07, 6.45) is 0. The van der Waals surface area contributed by atoms with Crippen molar-refractivity contribution >= 4 is 29.0 Å². The number of thiocarbonyl (C=S) groups is 1. The summed E-state index contributed by atoms with van der Waals surface area (Å²) < 4.78 is 23.9. The van der Waals surface area contributed by atoms with Crippen LogP contribution in [0.1, 0.15) is 29.7 Å². The molecule has 0 fully saturated rings. The zero-order valence-corrected chi connectivity index (χ0v) is 18.3. The Kier molecular flexibility index (Phi) is 6.84. The van der Waals surface area contributed by atoms with Crippen molar-refractivity contribution in [1.29, 1.82) is 0 Å². The predicted molar refractivity (Wildman–Crippen MR) is 119 cm³/mol. The summed E-state index contributed by atoms with van der Waals surface area (Å²) in [5, 5.41) is 3.69. The largest absolute Gasteiger partial charge is 0.460 e. The van der Waals surface area contributed by atoms with E-state index in [1.807, 2.05) is 37.8 Å². The van der Waals surface area contributed by atoms with E-state index in [1.54, 1.807) is 19.2 Å². The number of nitrogens with zero attached hydrogens (tertiary/aromatic N) is 1. The van der Waals surface area contributed by atoms with E-state index in [2.05, 4.69) is 11.4 Å². The molecule has 0 radical (unpaired) electrons. The van der Waals surface area contributed by atoms with E-state index in [0.29, 0.717) is 23.0 Å². The summed E-state index contributed by atoms with van der Waals surface area (Å²) in [5.74, 6) is -0.817. The highest BCUT2D eigenvalue weighted by Crippen LogP contribution is 2.35. The molecule has 2 aromatic carbocycles. The van der Waals surface area contributed by atoms with E-state index >= 15 is 0 Å². The van der Waals surface area contributed by atoms with Gasteiger partial charge in [0, 0.05) is 18.5 Å². The number of nitrogens with one attached hydrogen (secondary N) is 1. The maximum Gasteiger partial charge on any atom is 0.338 e. The second-order valence-electron chi connectivity index (χ2n) is 7.24. The third kappa shape index (κ3) is 4.68.